The molecule has 1 aromatic carbocycles. The molecule has 2 N–H and O–H groups in total. The second-order valence-corrected chi connectivity index (χ2v) is 7.12. The summed E-state index contributed by atoms with van der Waals surface area (Å²) in [5.41, 5.74) is 7.37. The minimum Gasteiger partial charge on any atom is -0.490 e. The summed E-state index contributed by atoms with van der Waals surface area (Å²) in [7, 11) is 2.10. The van der Waals surface area contributed by atoms with E-state index in [2.05, 4.69) is 50.1 Å². The second kappa shape index (κ2) is 10.4. The summed E-state index contributed by atoms with van der Waals surface area (Å²) in [5, 5.41) is 0. The van der Waals surface area contributed by atoms with Crippen LogP contribution in [-0.4, -0.2) is 31.1 Å². The van der Waals surface area contributed by atoms with Crippen molar-refractivity contribution in [2.75, 3.05) is 20.1 Å². The number of nitrogens with two attached hydrogens (primary N) is 1. The largest absolute Gasteiger partial charge is 0.490 e. The van der Waals surface area contributed by atoms with Crippen molar-refractivity contribution >= 4 is 24.8 Å². The molecule has 3 nitrogen and oxygen atoms in total. The maximum Gasteiger partial charge on any atom is 0.124 e. The van der Waals surface area contributed by atoms with Gasteiger partial charge in [0.1, 0.15) is 5.75 Å². The standard InChI is InChI=1S/C18H30N2O.2ClH/c1-18(2)10-8-16(9-11-18)21-17-7-5-4-6-15(17)14-20(3)13-12-19;;/h4-7,16H,8-14,19H2,1-3H3;2*1H. The second-order valence-electron chi connectivity index (χ2n) is 7.12. The first kappa shape index (κ1) is 22.5. The molecule has 1 fully saturated rings. The lowest BCUT2D eigenvalue weighted by Crippen LogP contribution is -2.29. The Bertz CT molecular complexity index is 444. The first-order valence-electron chi connectivity index (χ1n) is 8.13. The van der Waals surface area contributed by atoms with Gasteiger partial charge < -0.3 is 15.4 Å². The lowest BCUT2D eigenvalue weighted by Gasteiger charge is -2.34. The Morgan fingerprint density at radius 2 is 1.78 bits per heavy atom. The highest BCUT2D eigenvalue weighted by atomic mass is 35.5. The topological polar surface area (TPSA) is 38.5 Å². The van der Waals surface area contributed by atoms with Gasteiger partial charge in [-0.1, -0.05) is 32.0 Å². The predicted octanol–water partition coefficient (Wildman–Crippen LogP) is 4.27. The number of halogens is 2. The molecular weight excluding hydrogens is 331 g/mol. The van der Waals surface area contributed by atoms with Gasteiger partial charge in [-0.25, -0.2) is 0 Å². The van der Waals surface area contributed by atoms with Crippen LogP contribution in [0.15, 0.2) is 24.3 Å². The van der Waals surface area contributed by atoms with Crippen LogP contribution in [0, 0.1) is 5.41 Å². The Morgan fingerprint density at radius 1 is 1.17 bits per heavy atom. The van der Waals surface area contributed by atoms with Crippen LogP contribution >= 0.6 is 24.8 Å². The van der Waals surface area contributed by atoms with Crippen molar-refractivity contribution in [3.05, 3.63) is 29.8 Å². The molecule has 0 heterocycles. The molecule has 134 valence electrons. The number of nitrogens with zero attached hydrogens (tertiary/aromatic N) is 1. The number of ether oxygens (including phenoxy) is 1. The zero-order chi connectivity index (χ0) is 15.3. The fourth-order valence-corrected chi connectivity index (χ4v) is 3.01. The van der Waals surface area contributed by atoms with Crippen molar-refractivity contribution in [2.45, 2.75) is 52.2 Å². The fourth-order valence-electron chi connectivity index (χ4n) is 3.01. The third-order valence-electron chi connectivity index (χ3n) is 4.50. The number of benzene rings is 1. The molecule has 0 aromatic heterocycles. The van der Waals surface area contributed by atoms with Gasteiger partial charge in [-0.2, -0.15) is 0 Å². The first-order chi connectivity index (χ1) is 10.00. The van der Waals surface area contributed by atoms with Crippen molar-refractivity contribution in [1.29, 1.82) is 0 Å². The Morgan fingerprint density at radius 3 is 2.39 bits per heavy atom. The molecule has 1 aliphatic carbocycles. The van der Waals surface area contributed by atoms with Crippen molar-refractivity contribution in [1.82, 2.24) is 4.90 Å². The van der Waals surface area contributed by atoms with Gasteiger partial charge in [0, 0.05) is 25.2 Å². The summed E-state index contributed by atoms with van der Waals surface area (Å²) >= 11 is 0. The van der Waals surface area contributed by atoms with Crippen LogP contribution in [0.4, 0.5) is 0 Å². The van der Waals surface area contributed by atoms with Gasteiger partial charge in [0.05, 0.1) is 6.10 Å². The van der Waals surface area contributed by atoms with E-state index in [-0.39, 0.29) is 24.8 Å². The average Bonchev–Trinajstić information content (AvgIpc) is 2.43. The van der Waals surface area contributed by atoms with Crippen LogP contribution in [-0.2, 0) is 6.54 Å². The molecule has 1 aromatic rings. The van der Waals surface area contributed by atoms with Gasteiger partial charge in [0.2, 0.25) is 0 Å². The number of likely N-dealkylation sites (N-methyl/N-ethyl adjacent to an activating group) is 1. The van der Waals surface area contributed by atoms with Gasteiger partial charge in [0.25, 0.3) is 0 Å². The highest BCUT2D eigenvalue weighted by Gasteiger charge is 2.28. The average molecular weight is 363 g/mol. The van der Waals surface area contributed by atoms with Crippen molar-refractivity contribution < 1.29 is 4.74 Å². The van der Waals surface area contributed by atoms with Crippen LogP contribution in [0.3, 0.4) is 0 Å². The molecule has 1 saturated carbocycles. The Hall–Kier alpha value is -0.480. The maximum atomic E-state index is 6.30. The van der Waals surface area contributed by atoms with E-state index in [1.54, 1.807) is 0 Å². The molecule has 2 rings (SSSR count). The Labute approximate surface area is 153 Å². The van der Waals surface area contributed by atoms with E-state index in [4.69, 9.17) is 10.5 Å². The van der Waals surface area contributed by atoms with E-state index in [1.165, 1.54) is 31.2 Å². The summed E-state index contributed by atoms with van der Waals surface area (Å²) in [5.74, 6) is 1.05. The van der Waals surface area contributed by atoms with E-state index >= 15 is 0 Å². The van der Waals surface area contributed by atoms with Gasteiger partial charge in [0.15, 0.2) is 0 Å². The van der Waals surface area contributed by atoms with Crippen LogP contribution in [0.1, 0.15) is 45.1 Å². The molecule has 0 amide bonds. The quantitative estimate of drug-likeness (QED) is 0.820. The van der Waals surface area contributed by atoms with E-state index in [0.717, 1.165) is 18.8 Å². The summed E-state index contributed by atoms with van der Waals surface area (Å²) in [6.07, 6.45) is 5.22. The van der Waals surface area contributed by atoms with Gasteiger partial charge in [-0.15, -0.1) is 24.8 Å². The molecule has 0 saturated heterocycles. The number of hydrogen-bond donors (Lipinski definition) is 1. The molecule has 0 radical (unpaired) electrons. The van der Waals surface area contributed by atoms with E-state index in [0.29, 0.717) is 18.1 Å². The summed E-state index contributed by atoms with van der Waals surface area (Å²) in [6, 6.07) is 8.41. The number of rotatable bonds is 6. The van der Waals surface area contributed by atoms with Crippen LogP contribution in [0.2, 0.25) is 0 Å². The first-order valence-corrected chi connectivity index (χ1v) is 8.13. The van der Waals surface area contributed by atoms with E-state index in [9.17, 15) is 0 Å². The monoisotopic (exact) mass is 362 g/mol. The third-order valence-corrected chi connectivity index (χ3v) is 4.50. The fraction of sp³-hybridized carbons (Fsp3) is 0.667. The molecule has 23 heavy (non-hydrogen) atoms. The van der Waals surface area contributed by atoms with E-state index in [1.807, 2.05) is 0 Å². The van der Waals surface area contributed by atoms with Crippen LogP contribution in [0.25, 0.3) is 0 Å². The molecular formula is C18H32Cl2N2O. The highest BCUT2D eigenvalue weighted by Crippen LogP contribution is 2.37. The van der Waals surface area contributed by atoms with Gasteiger partial charge in [-0.3, -0.25) is 0 Å². The summed E-state index contributed by atoms with van der Waals surface area (Å²) in [6.45, 7) is 7.21. The van der Waals surface area contributed by atoms with Gasteiger partial charge >= 0.3 is 0 Å². The van der Waals surface area contributed by atoms with Crippen molar-refractivity contribution in [3.63, 3.8) is 0 Å². The smallest absolute Gasteiger partial charge is 0.124 e. The number of para-hydroxylation sites is 1. The molecule has 0 aliphatic heterocycles. The van der Waals surface area contributed by atoms with Crippen molar-refractivity contribution in [2.24, 2.45) is 11.1 Å². The highest BCUT2D eigenvalue weighted by molar-refractivity contribution is 5.85. The summed E-state index contributed by atoms with van der Waals surface area (Å²) < 4.78 is 6.30. The Balaban J connectivity index is 0.00000242. The SMILES string of the molecule is CN(CCN)Cc1ccccc1OC1CCC(C)(C)CC1.Cl.Cl. The molecule has 0 spiro atoms. The van der Waals surface area contributed by atoms with Gasteiger partial charge in [-0.05, 0) is 44.2 Å². The molecule has 5 heteroatoms. The lowest BCUT2D eigenvalue weighted by molar-refractivity contribution is 0.0972. The molecule has 0 atom stereocenters. The number of hydrogen-bond acceptors (Lipinski definition) is 3. The third kappa shape index (κ3) is 7.30. The normalized spacial score (nSPS) is 17.3. The minimum atomic E-state index is 0. The maximum absolute atomic E-state index is 6.30. The molecule has 0 bridgehead atoms. The van der Waals surface area contributed by atoms with Crippen LogP contribution in [0.5, 0.6) is 5.75 Å². The molecule has 1 aliphatic rings. The predicted molar refractivity (Wildman–Crippen MR) is 103 cm³/mol. The minimum absolute atomic E-state index is 0. The van der Waals surface area contributed by atoms with Crippen molar-refractivity contribution in [3.8, 4) is 5.75 Å². The summed E-state index contributed by atoms with van der Waals surface area (Å²) in [4.78, 5) is 2.24. The molecule has 0 unspecified atom stereocenters. The lowest BCUT2D eigenvalue weighted by atomic mass is 9.76. The van der Waals surface area contributed by atoms with Crippen LogP contribution < -0.4 is 10.5 Å². The Kier molecular flexibility index (Phi) is 10.2. The zero-order valence-corrected chi connectivity index (χ0v) is 16.2. The van der Waals surface area contributed by atoms with E-state index < -0.39 is 0 Å². The zero-order valence-electron chi connectivity index (χ0n) is 14.6.